The topological polar surface area (TPSA) is 78.0 Å². The van der Waals surface area contributed by atoms with E-state index in [1.54, 1.807) is 23.1 Å². The molecule has 0 aliphatic carbocycles. The molecule has 0 N–H and O–H groups in total. The number of nitrogens with zero attached hydrogens (tertiary/aromatic N) is 3. The highest BCUT2D eigenvalue weighted by Gasteiger charge is 2.31. The van der Waals surface area contributed by atoms with Crippen molar-refractivity contribution in [3.63, 3.8) is 0 Å². The molecule has 0 radical (unpaired) electrons. The minimum absolute atomic E-state index is 0.0281. The second kappa shape index (κ2) is 8.44. The largest absolute Gasteiger partial charge is 0.341 e. The zero-order chi connectivity index (χ0) is 20.4. The summed E-state index contributed by atoms with van der Waals surface area (Å²) in [5, 5.41) is 0. The van der Waals surface area contributed by atoms with Crippen LogP contribution in [0.3, 0.4) is 0 Å². The van der Waals surface area contributed by atoms with Gasteiger partial charge in [-0.2, -0.15) is 4.31 Å². The standard InChI is InChI=1S/C21H29N3O4S/c25-20-8-6-7-17-15-18(29(27,28)23-13-4-5-14-23)9-10-19(17)24(20)16-21(26)22-11-2-1-3-12-22/h9-10,15H,1-8,11-14,16H2. The van der Waals surface area contributed by atoms with E-state index in [0.29, 0.717) is 38.0 Å². The van der Waals surface area contributed by atoms with E-state index >= 15 is 0 Å². The van der Waals surface area contributed by atoms with Gasteiger partial charge in [0.1, 0.15) is 6.54 Å². The van der Waals surface area contributed by atoms with E-state index < -0.39 is 10.0 Å². The summed E-state index contributed by atoms with van der Waals surface area (Å²) in [5.74, 6) is -0.0936. The number of anilines is 1. The molecule has 8 heteroatoms. The first kappa shape index (κ1) is 20.3. The summed E-state index contributed by atoms with van der Waals surface area (Å²) in [6, 6.07) is 5.01. The maximum absolute atomic E-state index is 12.9. The molecular formula is C21H29N3O4S. The summed E-state index contributed by atoms with van der Waals surface area (Å²) in [5.41, 5.74) is 1.51. The fourth-order valence-corrected chi connectivity index (χ4v) is 6.08. The van der Waals surface area contributed by atoms with E-state index in [0.717, 1.165) is 50.8 Å². The van der Waals surface area contributed by atoms with E-state index in [1.165, 1.54) is 4.31 Å². The highest BCUT2D eigenvalue weighted by atomic mass is 32.2. The molecule has 0 aromatic heterocycles. The van der Waals surface area contributed by atoms with Gasteiger partial charge in [0.25, 0.3) is 0 Å². The minimum atomic E-state index is -3.50. The van der Waals surface area contributed by atoms with Crippen LogP contribution in [0, 0.1) is 0 Å². The van der Waals surface area contributed by atoms with E-state index in [1.807, 2.05) is 4.90 Å². The summed E-state index contributed by atoms with van der Waals surface area (Å²) in [7, 11) is -3.50. The second-order valence-corrected chi connectivity index (χ2v) is 10.1. The number of aryl methyl sites for hydroxylation is 1. The molecule has 3 heterocycles. The highest BCUT2D eigenvalue weighted by molar-refractivity contribution is 7.89. The molecule has 1 aromatic rings. The Hall–Kier alpha value is -1.93. The van der Waals surface area contributed by atoms with Crippen molar-refractivity contribution in [3.8, 4) is 0 Å². The highest BCUT2D eigenvalue weighted by Crippen LogP contribution is 2.31. The zero-order valence-electron chi connectivity index (χ0n) is 16.8. The molecule has 2 fully saturated rings. The van der Waals surface area contributed by atoms with Crippen LogP contribution in [0.5, 0.6) is 0 Å². The third-order valence-electron chi connectivity index (χ3n) is 6.18. The first-order valence-corrected chi connectivity index (χ1v) is 12.1. The molecule has 2 saturated heterocycles. The molecule has 3 aliphatic rings. The van der Waals surface area contributed by atoms with Gasteiger partial charge in [0.2, 0.25) is 21.8 Å². The molecule has 0 saturated carbocycles. The number of likely N-dealkylation sites (tertiary alicyclic amines) is 1. The molecule has 29 heavy (non-hydrogen) atoms. The maximum atomic E-state index is 12.9. The van der Waals surface area contributed by atoms with Crippen molar-refractivity contribution in [3.05, 3.63) is 23.8 Å². The number of hydrogen-bond acceptors (Lipinski definition) is 4. The smallest absolute Gasteiger partial charge is 0.243 e. The lowest BCUT2D eigenvalue weighted by atomic mass is 10.1. The molecule has 7 nitrogen and oxygen atoms in total. The van der Waals surface area contributed by atoms with Gasteiger partial charge in [-0.15, -0.1) is 0 Å². The predicted octanol–water partition coefficient (Wildman–Crippen LogP) is 2.15. The molecule has 0 bridgehead atoms. The Labute approximate surface area is 172 Å². The van der Waals surface area contributed by atoms with Crippen molar-refractivity contribution >= 4 is 27.5 Å². The van der Waals surface area contributed by atoms with Gasteiger partial charge in [-0.25, -0.2) is 8.42 Å². The summed E-state index contributed by atoms with van der Waals surface area (Å²) in [6.45, 7) is 2.66. The molecule has 4 rings (SSSR count). The summed E-state index contributed by atoms with van der Waals surface area (Å²) < 4.78 is 27.4. The third-order valence-corrected chi connectivity index (χ3v) is 8.08. The molecule has 2 amide bonds. The number of amides is 2. The van der Waals surface area contributed by atoms with Crippen LogP contribution < -0.4 is 4.90 Å². The molecule has 0 unspecified atom stereocenters. The molecule has 158 valence electrons. The van der Waals surface area contributed by atoms with Crippen LogP contribution in [0.1, 0.15) is 50.5 Å². The molecule has 3 aliphatic heterocycles. The van der Waals surface area contributed by atoms with Gasteiger partial charge in [-0.05, 0) is 68.7 Å². The van der Waals surface area contributed by atoms with Gasteiger partial charge in [0.05, 0.1) is 4.90 Å². The van der Waals surface area contributed by atoms with Gasteiger partial charge < -0.3 is 9.80 Å². The Morgan fingerprint density at radius 3 is 2.31 bits per heavy atom. The van der Waals surface area contributed by atoms with Gasteiger partial charge >= 0.3 is 0 Å². The Bertz CT molecular complexity index is 887. The van der Waals surface area contributed by atoms with Crippen molar-refractivity contribution in [1.82, 2.24) is 9.21 Å². The lowest BCUT2D eigenvalue weighted by Gasteiger charge is -2.30. The second-order valence-electron chi connectivity index (χ2n) is 8.18. The number of carbonyl (C=O) groups excluding carboxylic acids is 2. The number of sulfonamides is 1. The molecule has 0 spiro atoms. The Kier molecular flexibility index (Phi) is 5.92. The number of fused-ring (bicyclic) bond motifs is 1. The number of rotatable bonds is 4. The van der Waals surface area contributed by atoms with E-state index in [9.17, 15) is 18.0 Å². The van der Waals surface area contributed by atoms with Crippen molar-refractivity contribution in [2.45, 2.75) is 56.3 Å². The molecular weight excluding hydrogens is 390 g/mol. The minimum Gasteiger partial charge on any atom is -0.341 e. The molecule has 0 atom stereocenters. The van der Waals surface area contributed by atoms with Gasteiger partial charge in [-0.3, -0.25) is 9.59 Å². The number of piperidine rings is 1. The average molecular weight is 420 g/mol. The Balaban J connectivity index is 1.60. The SMILES string of the molecule is O=C(CN1C(=O)CCCc2cc(S(=O)(=O)N3CCCC3)ccc21)N1CCCCC1. The fraction of sp³-hybridized carbons (Fsp3) is 0.619. The monoisotopic (exact) mass is 419 g/mol. The Morgan fingerprint density at radius 2 is 1.59 bits per heavy atom. The van der Waals surface area contributed by atoms with E-state index in [2.05, 4.69) is 0 Å². The van der Waals surface area contributed by atoms with Crippen LogP contribution in [-0.2, 0) is 26.0 Å². The lowest BCUT2D eigenvalue weighted by molar-refractivity contribution is -0.132. The van der Waals surface area contributed by atoms with E-state index in [-0.39, 0.29) is 23.3 Å². The number of hydrogen-bond donors (Lipinski definition) is 0. The van der Waals surface area contributed by atoms with Crippen LogP contribution in [0.2, 0.25) is 0 Å². The Morgan fingerprint density at radius 1 is 0.897 bits per heavy atom. The van der Waals surface area contributed by atoms with Crippen LogP contribution in [0.25, 0.3) is 0 Å². The predicted molar refractivity (Wildman–Crippen MR) is 110 cm³/mol. The van der Waals surface area contributed by atoms with Crippen molar-refractivity contribution in [2.75, 3.05) is 37.6 Å². The van der Waals surface area contributed by atoms with Gasteiger partial charge in [0, 0.05) is 38.3 Å². The van der Waals surface area contributed by atoms with Crippen LogP contribution in [0.4, 0.5) is 5.69 Å². The summed E-state index contributed by atoms with van der Waals surface area (Å²) in [6.07, 6.45) is 6.62. The van der Waals surface area contributed by atoms with Gasteiger partial charge in [-0.1, -0.05) is 0 Å². The van der Waals surface area contributed by atoms with Crippen LogP contribution in [-0.4, -0.2) is 62.2 Å². The normalized spacial score (nSPS) is 21.2. The van der Waals surface area contributed by atoms with Crippen molar-refractivity contribution < 1.29 is 18.0 Å². The van der Waals surface area contributed by atoms with E-state index in [4.69, 9.17) is 0 Å². The summed E-state index contributed by atoms with van der Waals surface area (Å²) >= 11 is 0. The molecule has 1 aromatic carbocycles. The van der Waals surface area contributed by atoms with Crippen molar-refractivity contribution in [1.29, 1.82) is 0 Å². The fourth-order valence-electron chi connectivity index (χ4n) is 4.51. The quantitative estimate of drug-likeness (QED) is 0.749. The average Bonchev–Trinajstić information content (AvgIpc) is 3.23. The first-order chi connectivity index (χ1) is 14.0. The maximum Gasteiger partial charge on any atom is 0.243 e. The first-order valence-electron chi connectivity index (χ1n) is 10.7. The third kappa shape index (κ3) is 4.19. The van der Waals surface area contributed by atoms with Crippen LogP contribution >= 0.6 is 0 Å². The van der Waals surface area contributed by atoms with Crippen LogP contribution in [0.15, 0.2) is 23.1 Å². The van der Waals surface area contributed by atoms with Gasteiger partial charge in [0.15, 0.2) is 0 Å². The lowest BCUT2D eigenvalue weighted by Crippen LogP contribution is -2.44. The zero-order valence-corrected chi connectivity index (χ0v) is 17.6. The number of benzene rings is 1. The van der Waals surface area contributed by atoms with Crippen molar-refractivity contribution in [2.24, 2.45) is 0 Å². The summed E-state index contributed by atoms with van der Waals surface area (Å²) in [4.78, 5) is 29.2. The number of carbonyl (C=O) groups is 2.